The predicted octanol–water partition coefficient (Wildman–Crippen LogP) is 3.71. The van der Waals surface area contributed by atoms with Crippen LogP contribution in [0.2, 0.25) is 0 Å². The Balaban J connectivity index is 1.68. The van der Waals surface area contributed by atoms with Crippen molar-refractivity contribution >= 4 is 29.2 Å². The Labute approximate surface area is 243 Å². The molecule has 1 N–H and O–H groups in total. The first kappa shape index (κ1) is 30.8. The van der Waals surface area contributed by atoms with E-state index >= 15 is 0 Å². The first-order valence-corrected chi connectivity index (χ1v) is 15.0. The summed E-state index contributed by atoms with van der Waals surface area (Å²) in [5.41, 5.74) is 0.709. The van der Waals surface area contributed by atoms with Crippen molar-refractivity contribution in [2.24, 2.45) is 11.8 Å². The van der Waals surface area contributed by atoms with Crippen LogP contribution in [0.4, 0.5) is 11.4 Å². The molecule has 5 atom stereocenters. The number of aliphatic hydroxyl groups is 1. The monoisotopic (exact) mass is 567 g/mol. The van der Waals surface area contributed by atoms with E-state index in [0.717, 1.165) is 37.3 Å². The summed E-state index contributed by atoms with van der Waals surface area (Å²) >= 11 is 0. The number of benzene rings is 1. The van der Waals surface area contributed by atoms with Crippen molar-refractivity contribution in [2.75, 3.05) is 49.2 Å². The lowest BCUT2D eigenvalue weighted by molar-refractivity contribution is -0.154. The number of anilines is 2. The van der Waals surface area contributed by atoms with Gasteiger partial charge in [-0.1, -0.05) is 31.6 Å². The number of esters is 1. The number of ether oxygens (including phenoxy) is 2. The summed E-state index contributed by atoms with van der Waals surface area (Å²) in [6.07, 6.45) is 6.89. The van der Waals surface area contributed by atoms with Crippen molar-refractivity contribution in [3.8, 4) is 0 Å². The number of amides is 2. The number of nitrogens with zero attached hydrogens (tertiary/aromatic N) is 3. The fourth-order valence-electron chi connectivity index (χ4n) is 6.96. The number of hydrogen-bond donors (Lipinski definition) is 1. The largest absolute Gasteiger partial charge is 0.461 e. The number of rotatable bonds is 16. The van der Waals surface area contributed by atoms with Gasteiger partial charge in [0.2, 0.25) is 5.91 Å². The third-order valence-electron chi connectivity index (χ3n) is 8.82. The van der Waals surface area contributed by atoms with Crippen LogP contribution in [0.15, 0.2) is 49.6 Å². The Kier molecular flexibility index (Phi) is 10.3. The fraction of sp³-hybridized carbons (Fsp3) is 0.594. The minimum absolute atomic E-state index is 0.0590. The Morgan fingerprint density at radius 2 is 1.78 bits per heavy atom. The fourth-order valence-corrected chi connectivity index (χ4v) is 6.96. The number of carbonyl (C=O) groups is 3. The van der Waals surface area contributed by atoms with Gasteiger partial charge >= 0.3 is 5.97 Å². The molecule has 2 bridgehead atoms. The number of unbranched alkanes of at least 4 members (excludes halogenated alkanes) is 3. The van der Waals surface area contributed by atoms with Gasteiger partial charge in [-0.25, -0.2) is 0 Å². The van der Waals surface area contributed by atoms with Crippen LogP contribution < -0.4 is 9.80 Å². The van der Waals surface area contributed by atoms with E-state index in [2.05, 4.69) is 31.9 Å². The molecular weight excluding hydrogens is 522 g/mol. The molecular formula is C32H45N3O6. The van der Waals surface area contributed by atoms with Gasteiger partial charge in [-0.05, 0) is 63.8 Å². The lowest BCUT2D eigenvalue weighted by Gasteiger charge is -2.37. The lowest BCUT2D eigenvalue weighted by atomic mass is 9.70. The molecule has 9 nitrogen and oxygen atoms in total. The van der Waals surface area contributed by atoms with Crippen LogP contribution >= 0.6 is 0 Å². The molecule has 3 fully saturated rings. The van der Waals surface area contributed by atoms with Crippen LogP contribution in [0.3, 0.4) is 0 Å². The number of fused-ring (bicyclic) bond motifs is 1. The molecule has 1 aromatic rings. The van der Waals surface area contributed by atoms with E-state index in [9.17, 15) is 14.4 Å². The molecule has 2 amide bonds. The molecule has 3 aliphatic heterocycles. The standard InChI is InChI=1S/C32H45N3O6/c1-5-19-34(24-15-13-23(14-16-24)33(7-3)8-4)30(38)28-32-18-17-25(41-32)26(31(39)40-22-6-2)27(32)29(37)35(28)20-11-9-10-12-21-36/h5-6,13-16,25-28,36H,1-2,7-12,17-22H2,3-4H3/t25-,26+,27-,28?,32?/m0/s1. The molecule has 0 aromatic heterocycles. The summed E-state index contributed by atoms with van der Waals surface area (Å²) in [4.78, 5) is 47.3. The smallest absolute Gasteiger partial charge is 0.312 e. The maximum absolute atomic E-state index is 14.6. The topological polar surface area (TPSA) is 99.6 Å². The third-order valence-corrected chi connectivity index (χ3v) is 8.82. The highest BCUT2D eigenvalue weighted by Crippen LogP contribution is 2.59. The van der Waals surface area contributed by atoms with Gasteiger partial charge in [0.25, 0.3) is 5.91 Å². The first-order chi connectivity index (χ1) is 19.9. The van der Waals surface area contributed by atoms with E-state index < -0.39 is 35.6 Å². The van der Waals surface area contributed by atoms with Crippen molar-refractivity contribution in [3.05, 3.63) is 49.6 Å². The summed E-state index contributed by atoms with van der Waals surface area (Å²) < 4.78 is 11.9. The number of hydrogen-bond acceptors (Lipinski definition) is 7. The van der Waals surface area contributed by atoms with Crippen LogP contribution in [0.5, 0.6) is 0 Å². The zero-order valence-corrected chi connectivity index (χ0v) is 24.5. The van der Waals surface area contributed by atoms with E-state index in [1.165, 1.54) is 6.08 Å². The summed E-state index contributed by atoms with van der Waals surface area (Å²) in [6, 6.07) is 7.02. The average Bonchev–Trinajstić information content (AvgIpc) is 3.62. The molecule has 4 rings (SSSR count). The van der Waals surface area contributed by atoms with Crippen molar-refractivity contribution in [1.29, 1.82) is 0 Å². The Hall–Kier alpha value is -3.17. The predicted molar refractivity (Wildman–Crippen MR) is 159 cm³/mol. The summed E-state index contributed by atoms with van der Waals surface area (Å²) in [6.45, 7) is 14.3. The maximum atomic E-state index is 14.6. The van der Waals surface area contributed by atoms with Gasteiger partial charge in [-0.2, -0.15) is 0 Å². The SMILES string of the molecule is C=CCOC(=O)[C@@H]1[C@@H]2CCC3(O2)C(C(=O)N(CC=C)c2ccc(N(CC)CC)cc2)N(CCCCCCO)C(=O)[C@H]13. The number of likely N-dealkylation sites (tertiary alicyclic amines) is 1. The molecule has 224 valence electrons. The molecule has 0 aliphatic carbocycles. The molecule has 1 spiro atoms. The van der Waals surface area contributed by atoms with Crippen LogP contribution in [0, 0.1) is 11.8 Å². The highest BCUT2D eigenvalue weighted by atomic mass is 16.6. The second-order valence-corrected chi connectivity index (χ2v) is 11.1. The van der Waals surface area contributed by atoms with Gasteiger partial charge in [0.05, 0.1) is 17.9 Å². The number of aliphatic hydroxyl groups excluding tert-OH is 1. The zero-order valence-electron chi connectivity index (χ0n) is 24.5. The quantitative estimate of drug-likeness (QED) is 0.185. The van der Waals surface area contributed by atoms with E-state index in [1.54, 1.807) is 15.9 Å². The van der Waals surface area contributed by atoms with Crippen molar-refractivity contribution < 1.29 is 29.0 Å². The average molecular weight is 568 g/mol. The summed E-state index contributed by atoms with van der Waals surface area (Å²) in [5.74, 6) is -2.43. The Morgan fingerprint density at radius 1 is 1.10 bits per heavy atom. The second kappa shape index (κ2) is 13.7. The zero-order chi connectivity index (χ0) is 29.6. The minimum Gasteiger partial charge on any atom is -0.461 e. The van der Waals surface area contributed by atoms with Gasteiger partial charge in [0.15, 0.2) is 0 Å². The summed E-state index contributed by atoms with van der Waals surface area (Å²) in [7, 11) is 0. The van der Waals surface area contributed by atoms with E-state index in [4.69, 9.17) is 14.6 Å². The van der Waals surface area contributed by atoms with Crippen LogP contribution in [-0.2, 0) is 23.9 Å². The van der Waals surface area contributed by atoms with Crippen LogP contribution in [0.25, 0.3) is 0 Å². The second-order valence-electron chi connectivity index (χ2n) is 11.1. The van der Waals surface area contributed by atoms with Crippen LogP contribution in [0.1, 0.15) is 52.4 Å². The third kappa shape index (κ3) is 5.79. The Bertz CT molecular complexity index is 1100. The Morgan fingerprint density at radius 3 is 2.41 bits per heavy atom. The normalized spacial score (nSPS) is 26.1. The van der Waals surface area contributed by atoms with Crippen molar-refractivity contribution in [2.45, 2.75) is 70.1 Å². The van der Waals surface area contributed by atoms with Gasteiger partial charge in [0, 0.05) is 44.2 Å². The maximum Gasteiger partial charge on any atom is 0.312 e. The molecule has 3 heterocycles. The van der Waals surface area contributed by atoms with Crippen molar-refractivity contribution in [3.63, 3.8) is 0 Å². The minimum atomic E-state index is -1.08. The molecule has 1 aromatic carbocycles. The van der Waals surface area contributed by atoms with Gasteiger partial charge in [-0.3, -0.25) is 14.4 Å². The van der Waals surface area contributed by atoms with E-state index in [1.807, 2.05) is 24.3 Å². The first-order valence-electron chi connectivity index (χ1n) is 15.0. The van der Waals surface area contributed by atoms with E-state index in [0.29, 0.717) is 32.2 Å². The summed E-state index contributed by atoms with van der Waals surface area (Å²) in [5, 5.41) is 9.16. The highest BCUT2D eigenvalue weighted by molar-refractivity contribution is 6.04. The molecule has 3 saturated heterocycles. The van der Waals surface area contributed by atoms with Gasteiger partial charge in [-0.15, -0.1) is 6.58 Å². The molecule has 41 heavy (non-hydrogen) atoms. The molecule has 0 radical (unpaired) electrons. The molecule has 2 unspecified atom stereocenters. The molecule has 9 heteroatoms. The number of carbonyl (C=O) groups excluding carboxylic acids is 3. The molecule has 3 aliphatic rings. The van der Waals surface area contributed by atoms with Gasteiger partial charge in [0.1, 0.15) is 18.2 Å². The highest BCUT2D eigenvalue weighted by Gasteiger charge is 2.75. The van der Waals surface area contributed by atoms with Crippen LogP contribution in [-0.4, -0.2) is 84.9 Å². The van der Waals surface area contributed by atoms with E-state index in [-0.39, 0.29) is 31.6 Å². The van der Waals surface area contributed by atoms with Crippen molar-refractivity contribution in [1.82, 2.24) is 4.90 Å². The molecule has 0 saturated carbocycles. The van der Waals surface area contributed by atoms with Gasteiger partial charge < -0.3 is 29.3 Å². The lowest BCUT2D eigenvalue weighted by Crippen LogP contribution is -2.56.